The summed E-state index contributed by atoms with van der Waals surface area (Å²) >= 11 is 0. The number of amides is 2. The van der Waals surface area contributed by atoms with Crippen molar-refractivity contribution in [2.75, 3.05) is 32.6 Å². The normalized spacial score (nSPS) is 19.3. The maximum absolute atomic E-state index is 12.1. The van der Waals surface area contributed by atoms with Crippen molar-refractivity contribution < 1.29 is 19.1 Å². The molecular weight excluding hydrogens is 346 g/mol. The van der Waals surface area contributed by atoms with E-state index in [0.29, 0.717) is 23.2 Å². The lowest BCUT2D eigenvalue weighted by Crippen LogP contribution is -2.44. The van der Waals surface area contributed by atoms with Crippen LogP contribution >= 0.6 is 12.4 Å². The molecule has 2 amide bonds. The number of hydrogen-bond acceptors (Lipinski definition) is 5. The van der Waals surface area contributed by atoms with Crippen LogP contribution in [0.15, 0.2) is 18.2 Å². The molecule has 3 N–H and O–H groups in total. The molecule has 7 nitrogen and oxygen atoms in total. The maximum atomic E-state index is 12.1. The zero-order chi connectivity index (χ0) is 17.5. The third-order valence-electron chi connectivity index (χ3n) is 4.05. The van der Waals surface area contributed by atoms with Crippen LogP contribution < -0.4 is 25.4 Å². The van der Waals surface area contributed by atoms with E-state index in [9.17, 15) is 9.59 Å². The summed E-state index contributed by atoms with van der Waals surface area (Å²) in [6.07, 6.45) is 1.59. The summed E-state index contributed by atoms with van der Waals surface area (Å²) in [5.41, 5.74) is 0.556. The quantitative estimate of drug-likeness (QED) is 0.706. The molecule has 0 aromatic heterocycles. The highest BCUT2D eigenvalue weighted by Gasteiger charge is 2.24. The van der Waals surface area contributed by atoms with Gasteiger partial charge in [-0.2, -0.15) is 0 Å². The number of ether oxygens (including phenoxy) is 2. The Bertz CT molecular complexity index is 575. The van der Waals surface area contributed by atoms with Crippen LogP contribution in [0.1, 0.15) is 19.8 Å². The van der Waals surface area contributed by atoms with Crippen LogP contribution in [0.2, 0.25) is 0 Å². The molecule has 2 atom stereocenters. The van der Waals surface area contributed by atoms with Crippen molar-refractivity contribution in [3.8, 4) is 11.5 Å². The van der Waals surface area contributed by atoms with Gasteiger partial charge < -0.3 is 25.4 Å². The van der Waals surface area contributed by atoms with Gasteiger partial charge in [-0.15, -0.1) is 12.4 Å². The molecule has 0 saturated carbocycles. The second-order valence-corrected chi connectivity index (χ2v) is 5.94. The van der Waals surface area contributed by atoms with Crippen LogP contribution in [0.3, 0.4) is 0 Å². The highest BCUT2D eigenvalue weighted by molar-refractivity contribution is 5.95. The molecule has 1 fully saturated rings. The number of rotatable bonds is 6. The molecule has 0 bridgehead atoms. The summed E-state index contributed by atoms with van der Waals surface area (Å²) in [5.74, 6) is 0.767. The zero-order valence-corrected chi connectivity index (χ0v) is 15.6. The van der Waals surface area contributed by atoms with Crippen LogP contribution in [0.25, 0.3) is 0 Å². The SMILES string of the molecule is COc1cc(NC(=O)CNC(=O)[C@H]2CCN[C@@H](C)C2)cc(OC)c1.Cl. The van der Waals surface area contributed by atoms with Gasteiger partial charge in [0, 0.05) is 35.8 Å². The fourth-order valence-electron chi connectivity index (χ4n) is 2.77. The average Bonchev–Trinajstić information content (AvgIpc) is 2.59. The monoisotopic (exact) mass is 371 g/mol. The van der Waals surface area contributed by atoms with E-state index in [1.165, 1.54) is 0 Å². The molecule has 8 heteroatoms. The number of carbonyl (C=O) groups is 2. The first-order valence-electron chi connectivity index (χ1n) is 8.06. The van der Waals surface area contributed by atoms with Crippen molar-refractivity contribution >= 4 is 29.9 Å². The largest absolute Gasteiger partial charge is 0.497 e. The van der Waals surface area contributed by atoms with E-state index in [4.69, 9.17) is 9.47 Å². The van der Waals surface area contributed by atoms with Crippen molar-refractivity contribution in [2.24, 2.45) is 5.92 Å². The third-order valence-corrected chi connectivity index (χ3v) is 4.05. The second kappa shape index (κ2) is 10.1. The van der Waals surface area contributed by atoms with E-state index >= 15 is 0 Å². The lowest BCUT2D eigenvalue weighted by molar-refractivity contribution is -0.128. The van der Waals surface area contributed by atoms with Crippen molar-refractivity contribution in [3.63, 3.8) is 0 Å². The standard InChI is InChI=1S/C17H25N3O4.ClH/c1-11-6-12(4-5-18-11)17(22)19-10-16(21)20-13-7-14(23-2)9-15(8-13)24-3;/h7-9,11-12,18H,4-6,10H2,1-3H3,(H,19,22)(H,20,21);1H/t11-,12-;/m0./s1. The van der Waals surface area contributed by atoms with Gasteiger partial charge >= 0.3 is 0 Å². The number of benzene rings is 1. The minimum atomic E-state index is -0.291. The summed E-state index contributed by atoms with van der Waals surface area (Å²) in [6, 6.07) is 5.43. The van der Waals surface area contributed by atoms with Crippen LogP contribution in [-0.4, -0.2) is 45.2 Å². The Morgan fingerprint density at radius 2 is 1.84 bits per heavy atom. The minimum absolute atomic E-state index is 0. The number of carbonyl (C=O) groups excluding carboxylic acids is 2. The molecule has 1 aromatic carbocycles. The first-order chi connectivity index (χ1) is 11.5. The Morgan fingerprint density at radius 1 is 1.20 bits per heavy atom. The van der Waals surface area contributed by atoms with E-state index in [1.807, 2.05) is 0 Å². The molecule has 2 rings (SSSR count). The average molecular weight is 372 g/mol. The van der Waals surface area contributed by atoms with Gasteiger partial charge in [0.05, 0.1) is 20.8 Å². The van der Waals surface area contributed by atoms with Gasteiger partial charge in [0.1, 0.15) is 11.5 Å². The van der Waals surface area contributed by atoms with Crippen molar-refractivity contribution in [1.82, 2.24) is 10.6 Å². The first-order valence-corrected chi connectivity index (χ1v) is 8.06. The van der Waals surface area contributed by atoms with Crippen molar-refractivity contribution in [1.29, 1.82) is 0 Å². The predicted molar refractivity (Wildman–Crippen MR) is 98.6 cm³/mol. The molecule has 0 radical (unpaired) electrons. The maximum Gasteiger partial charge on any atom is 0.243 e. The molecule has 1 aromatic rings. The molecule has 140 valence electrons. The Labute approximate surface area is 154 Å². The van der Waals surface area contributed by atoms with E-state index in [1.54, 1.807) is 32.4 Å². The Morgan fingerprint density at radius 3 is 2.40 bits per heavy atom. The van der Waals surface area contributed by atoms with Gasteiger partial charge in [-0.1, -0.05) is 0 Å². The molecule has 0 spiro atoms. The fraction of sp³-hybridized carbons (Fsp3) is 0.529. The minimum Gasteiger partial charge on any atom is -0.497 e. The Balaban J connectivity index is 0.00000312. The van der Waals surface area contributed by atoms with Gasteiger partial charge in [0.15, 0.2) is 0 Å². The second-order valence-electron chi connectivity index (χ2n) is 5.94. The van der Waals surface area contributed by atoms with E-state index < -0.39 is 0 Å². The van der Waals surface area contributed by atoms with Crippen molar-refractivity contribution in [3.05, 3.63) is 18.2 Å². The number of methoxy groups -OCH3 is 2. The van der Waals surface area contributed by atoms with Crippen molar-refractivity contribution in [2.45, 2.75) is 25.8 Å². The van der Waals surface area contributed by atoms with E-state index in [2.05, 4.69) is 22.9 Å². The summed E-state index contributed by atoms with van der Waals surface area (Å²) in [5, 5.41) is 8.74. The molecule has 1 heterocycles. The first kappa shape index (κ1) is 21.1. The van der Waals surface area contributed by atoms with Crippen LogP contribution in [-0.2, 0) is 9.59 Å². The Hall–Kier alpha value is -1.99. The van der Waals surface area contributed by atoms with Crippen LogP contribution in [0.4, 0.5) is 5.69 Å². The van der Waals surface area contributed by atoms with Crippen LogP contribution in [0, 0.1) is 5.92 Å². The molecule has 0 aliphatic carbocycles. The van der Waals surface area contributed by atoms with E-state index in [0.717, 1.165) is 19.4 Å². The lowest BCUT2D eigenvalue weighted by atomic mass is 9.92. The van der Waals surface area contributed by atoms with Gasteiger partial charge in [-0.05, 0) is 26.3 Å². The van der Waals surface area contributed by atoms with Gasteiger partial charge in [-0.3, -0.25) is 9.59 Å². The predicted octanol–water partition coefficient (Wildman–Crippen LogP) is 1.57. The molecule has 0 unspecified atom stereocenters. The summed E-state index contributed by atoms with van der Waals surface area (Å²) in [6.45, 7) is 2.83. The molecule has 25 heavy (non-hydrogen) atoms. The van der Waals surface area contributed by atoms with Gasteiger partial charge in [0.2, 0.25) is 11.8 Å². The molecule has 1 aliphatic heterocycles. The smallest absolute Gasteiger partial charge is 0.243 e. The molecule has 1 aliphatic rings. The number of anilines is 1. The molecular formula is C17H26ClN3O4. The summed E-state index contributed by atoms with van der Waals surface area (Å²) in [4.78, 5) is 24.2. The van der Waals surface area contributed by atoms with Crippen LogP contribution in [0.5, 0.6) is 11.5 Å². The number of halogens is 1. The molecule has 1 saturated heterocycles. The number of piperidine rings is 1. The number of nitrogens with one attached hydrogen (secondary N) is 3. The third kappa shape index (κ3) is 6.43. The van der Waals surface area contributed by atoms with E-state index in [-0.39, 0.29) is 36.7 Å². The lowest BCUT2D eigenvalue weighted by Gasteiger charge is -2.27. The van der Waals surface area contributed by atoms with Gasteiger partial charge in [0.25, 0.3) is 0 Å². The highest BCUT2D eigenvalue weighted by atomic mass is 35.5. The highest BCUT2D eigenvalue weighted by Crippen LogP contribution is 2.25. The fourth-order valence-corrected chi connectivity index (χ4v) is 2.77. The summed E-state index contributed by atoms with van der Waals surface area (Å²) in [7, 11) is 3.08. The number of hydrogen-bond donors (Lipinski definition) is 3. The van der Waals surface area contributed by atoms with Gasteiger partial charge in [-0.25, -0.2) is 0 Å². The topological polar surface area (TPSA) is 88.7 Å². The Kier molecular flexibility index (Phi) is 8.51. The summed E-state index contributed by atoms with van der Waals surface area (Å²) < 4.78 is 10.3. The zero-order valence-electron chi connectivity index (χ0n) is 14.8.